The smallest absolute Gasteiger partial charge is 0.282 e. The second-order valence-corrected chi connectivity index (χ2v) is 6.20. The Morgan fingerprint density at radius 3 is 2.88 bits per heavy atom. The number of carbonyl (C=O) groups excluding carboxylic acids is 2. The van der Waals surface area contributed by atoms with Crippen molar-refractivity contribution in [1.29, 1.82) is 0 Å². The third-order valence-corrected chi connectivity index (χ3v) is 4.77. The first-order valence-electron chi connectivity index (χ1n) is 7.97. The van der Waals surface area contributed by atoms with Gasteiger partial charge in [-0.1, -0.05) is 6.08 Å². The fourth-order valence-electron chi connectivity index (χ4n) is 3.76. The van der Waals surface area contributed by atoms with Crippen LogP contribution in [0.25, 0.3) is 0 Å². The summed E-state index contributed by atoms with van der Waals surface area (Å²) >= 11 is 0. The van der Waals surface area contributed by atoms with Gasteiger partial charge in [-0.25, -0.2) is 8.78 Å². The van der Waals surface area contributed by atoms with Crippen LogP contribution >= 0.6 is 0 Å². The number of likely N-dealkylation sites (tertiary alicyclic amines) is 2. The molecule has 1 aromatic rings. The monoisotopic (exact) mass is 338 g/mol. The van der Waals surface area contributed by atoms with Crippen molar-refractivity contribution < 1.29 is 18.4 Å². The Bertz CT molecular complexity index is 673. The van der Waals surface area contributed by atoms with Gasteiger partial charge in [-0.3, -0.25) is 14.3 Å². The quantitative estimate of drug-likeness (QED) is 0.786. The summed E-state index contributed by atoms with van der Waals surface area (Å²) in [5.41, 5.74) is -0.541. The van der Waals surface area contributed by atoms with Crippen LogP contribution in [0.3, 0.4) is 0 Å². The second kappa shape index (κ2) is 6.33. The normalized spacial score (nSPS) is 23.8. The third kappa shape index (κ3) is 2.70. The summed E-state index contributed by atoms with van der Waals surface area (Å²) in [6.45, 7) is 4.56. The first kappa shape index (κ1) is 16.6. The first-order chi connectivity index (χ1) is 11.4. The molecule has 0 spiro atoms. The Morgan fingerprint density at radius 2 is 2.21 bits per heavy atom. The van der Waals surface area contributed by atoms with Gasteiger partial charge in [0.25, 0.3) is 12.3 Å². The van der Waals surface area contributed by atoms with Crippen LogP contribution < -0.4 is 0 Å². The van der Waals surface area contributed by atoms with Gasteiger partial charge in [0.2, 0.25) is 5.91 Å². The summed E-state index contributed by atoms with van der Waals surface area (Å²) in [7, 11) is 1.51. The summed E-state index contributed by atoms with van der Waals surface area (Å²) < 4.78 is 27.5. The standard InChI is InChI=1S/C16H20F2N4O2/c1-3-7-21-12-6-8-22(11(12)4-5-13(21)23)16(24)10-9-20(2)19-14(10)15(17)18/h3,9,11-12,15H,1,4-8H2,2H3/t11-,12-/m1/s1. The van der Waals surface area contributed by atoms with Crippen molar-refractivity contribution in [2.75, 3.05) is 13.1 Å². The molecule has 2 saturated heterocycles. The number of aromatic nitrogens is 2. The Balaban J connectivity index is 1.85. The van der Waals surface area contributed by atoms with E-state index in [2.05, 4.69) is 11.7 Å². The van der Waals surface area contributed by atoms with Crippen LogP contribution in [0.15, 0.2) is 18.9 Å². The molecule has 1 aromatic heterocycles. The molecule has 2 fully saturated rings. The molecule has 3 rings (SSSR count). The molecule has 8 heteroatoms. The van der Waals surface area contributed by atoms with Crippen LogP contribution in [0, 0.1) is 0 Å². The number of hydrogen-bond donors (Lipinski definition) is 0. The summed E-state index contributed by atoms with van der Waals surface area (Å²) in [5.74, 6) is -0.376. The maximum absolute atomic E-state index is 13.1. The van der Waals surface area contributed by atoms with Crippen LogP contribution in [-0.4, -0.2) is 56.6 Å². The molecular formula is C16H20F2N4O2. The molecule has 130 valence electrons. The number of piperidine rings is 1. The van der Waals surface area contributed by atoms with Crippen molar-refractivity contribution in [3.8, 4) is 0 Å². The van der Waals surface area contributed by atoms with Gasteiger partial charge >= 0.3 is 0 Å². The zero-order valence-electron chi connectivity index (χ0n) is 13.5. The van der Waals surface area contributed by atoms with Crippen molar-refractivity contribution in [1.82, 2.24) is 19.6 Å². The predicted molar refractivity (Wildman–Crippen MR) is 82.5 cm³/mol. The molecule has 0 radical (unpaired) electrons. The van der Waals surface area contributed by atoms with Gasteiger partial charge in [-0.05, 0) is 12.8 Å². The minimum Gasteiger partial charge on any atom is -0.334 e. The second-order valence-electron chi connectivity index (χ2n) is 6.20. The lowest BCUT2D eigenvalue weighted by molar-refractivity contribution is -0.136. The van der Waals surface area contributed by atoms with E-state index in [0.29, 0.717) is 32.4 Å². The van der Waals surface area contributed by atoms with Crippen LogP contribution in [0.5, 0.6) is 0 Å². The maximum Gasteiger partial charge on any atom is 0.282 e. The molecule has 2 aliphatic heterocycles. The molecule has 0 bridgehead atoms. The molecule has 2 atom stereocenters. The maximum atomic E-state index is 13.1. The molecule has 0 aromatic carbocycles. The van der Waals surface area contributed by atoms with Crippen molar-refractivity contribution in [3.63, 3.8) is 0 Å². The highest BCUT2D eigenvalue weighted by atomic mass is 19.3. The fraction of sp³-hybridized carbons (Fsp3) is 0.562. The van der Waals surface area contributed by atoms with E-state index in [1.54, 1.807) is 15.9 Å². The van der Waals surface area contributed by atoms with Crippen LogP contribution in [-0.2, 0) is 11.8 Å². The summed E-state index contributed by atoms with van der Waals surface area (Å²) in [5, 5.41) is 3.70. The molecule has 2 amide bonds. The van der Waals surface area contributed by atoms with E-state index in [-0.39, 0.29) is 23.6 Å². The number of hydrogen-bond acceptors (Lipinski definition) is 3. The van der Waals surface area contributed by atoms with Gasteiger partial charge in [0.05, 0.1) is 17.6 Å². The van der Waals surface area contributed by atoms with Crippen LogP contribution in [0.2, 0.25) is 0 Å². The molecule has 3 heterocycles. The molecule has 6 nitrogen and oxygen atoms in total. The lowest BCUT2D eigenvalue weighted by Crippen LogP contribution is -2.53. The van der Waals surface area contributed by atoms with Crippen LogP contribution in [0.1, 0.15) is 41.7 Å². The minimum absolute atomic E-state index is 0.0553. The molecule has 24 heavy (non-hydrogen) atoms. The van der Waals surface area contributed by atoms with Gasteiger partial charge in [0.15, 0.2) is 0 Å². The Labute approximate surface area is 138 Å². The van der Waals surface area contributed by atoms with Gasteiger partial charge in [0, 0.05) is 32.8 Å². The topological polar surface area (TPSA) is 58.4 Å². The van der Waals surface area contributed by atoms with Crippen molar-refractivity contribution in [2.24, 2.45) is 7.05 Å². The number of halogens is 2. The van der Waals surface area contributed by atoms with Gasteiger partial charge in [0.1, 0.15) is 5.69 Å². The number of amides is 2. The Kier molecular flexibility index (Phi) is 4.38. The Morgan fingerprint density at radius 1 is 1.46 bits per heavy atom. The average Bonchev–Trinajstić information content (AvgIpc) is 3.13. The summed E-state index contributed by atoms with van der Waals surface area (Å²) in [4.78, 5) is 28.2. The molecule has 0 unspecified atom stereocenters. The number of carbonyl (C=O) groups is 2. The molecule has 0 N–H and O–H groups in total. The number of alkyl halides is 2. The van der Waals surface area contributed by atoms with Crippen molar-refractivity contribution in [2.45, 2.75) is 37.8 Å². The summed E-state index contributed by atoms with van der Waals surface area (Å²) in [6, 6.07) is -0.208. The third-order valence-electron chi connectivity index (χ3n) is 4.77. The van der Waals surface area contributed by atoms with Gasteiger partial charge in [-0.2, -0.15) is 5.10 Å². The largest absolute Gasteiger partial charge is 0.334 e. The predicted octanol–water partition coefficient (Wildman–Crippen LogP) is 1.75. The highest BCUT2D eigenvalue weighted by molar-refractivity contribution is 5.96. The van der Waals surface area contributed by atoms with E-state index in [1.807, 2.05) is 0 Å². The van der Waals surface area contributed by atoms with Gasteiger partial charge in [-0.15, -0.1) is 6.58 Å². The zero-order chi connectivity index (χ0) is 17.4. The molecule has 0 saturated carbocycles. The van der Waals surface area contributed by atoms with Crippen LogP contribution in [0.4, 0.5) is 8.78 Å². The number of aryl methyl sites for hydroxylation is 1. The van der Waals surface area contributed by atoms with E-state index < -0.39 is 18.0 Å². The molecular weight excluding hydrogens is 318 g/mol. The molecule has 0 aliphatic carbocycles. The Hall–Kier alpha value is -2.25. The minimum atomic E-state index is -2.80. The first-order valence-corrected chi connectivity index (χ1v) is 7.97. The SMILES string of the molecule is C=CCN1C(=O)CC[C@@H]2[C@H]1CCN2C(=O)c1cn(C)nc1C(F)F. The van der Waals surface area contributed by atoms with Crippen molar-refractivity contribution in [3.05, 3.63) is 30.1 Å². The molecule has 2 aliphatic rings. The van der Waals surface area contributed by atoms with E-state index in [9.17, 15) is 18.4 Å². The number of rotatable bonds is 4. The average molecular weight is 338 g/mol. The zero-order valence-corrected chi connectivity index (χ0v) is 13.5. The van der Waals surface area contributed by atoms with E-state index in [1.165, 1.54) is 17.9 Å². The number of fused-ring (bicyclic) bond motifs is 1. The van der Waals surface area contributed by atoms with E-state index in [4.69, 9.17) is 0 Å². The lowest BCUT2D eigenvalue weighted by atomic mass is 9.96. The number of nitrogens with zero attached hydrogens (tertiary/aromatic N) is 4. The van der Waals surface area contributed by atoms with E-state index in [0.717, 1.165) is 0 Å². The fourth-order valence-corrected chi connectivity index (χ4v) is 3.76. The van der Waals surface area contributed by atoms with E-state index >= 15 is 0 Å². The lowest BCUT2D eigenvalue weighted by Gasteiger charge is -2.39. The summed E-state index contributed by atoms with van der Waals surface area (Å²) in [6.07, 6.45) is 1.78. The van der Waals surface area contributed by atoms with Gasteiger partial charge < -0.3 is 9.80 Å². The highest BCUT2D eigenvalue weighted by Gasteiger charge is 2.45. The highest BCUT2D eigenvalue weighted by Crippen LogP contribution is 2.33. The van der Waals surface area contributed by atoms with Crippen molar-refractivity contribution >= 4 is 11.8 Å².